The van der Waals surface area contributed by atoms with Gasteiger partial charge in [-0.05, 0) is 30.8 Å². The molecule has 4 nitrogen and oxygen atoms in total. The van der Waals surface area contributed by atoms with Crippen molar-refractivity contribution in [3.05, 3.63) is 29.8 Å². The van der Waals surface area contributed by atoms with Crippen molar-refractivity contribution in [2.75, 3.05) is 45.9 Å². The van der Waals surface area contributed by atoms with Crippen molar-refractivity contribution in [1.29, 1.82) is 0 Å². The minimum Gasteiger partial charge on any atom is -0.492 e. The molecule has 19 heavy (non-hydrogen) atoms. The van der Waals surface area contributed by atoms with E-state index in [1.807, 2.05) is 12.1 Å². The van der Waals surface area contributed by atoms with Crippen molar-refractivity contribution in [3.63, 3.8) is 0 Å². The minimum absolute atomic E-state index is 0.683. The SMILES string of the molecule is CCN1CCN(CCOc2ccc(C=O)cc2)CC1. The van der Waals surface area contributed by atoms with Crippen LogP contribution in [0.1, 0.15) is 17.3 Å². The maximum Gasteiger partial charge on any atom is 0.150 e. The lowest BCUT2D eigenvalue weighted by Gasteiger charge is -2.33. The van der Waals surface area contributed by atoms with Crippen LogP contribution in [-0.2, 0) is 0 Å². The minimum atomic E-state index is 0.683. The Morgan fingerprint density at radius 2 is 1.74 bits per heavy atom. The second-order valence-corrected chi connectivity index (χ2v) is 4.81. The van der Waals surface area contributed by atoms with Crippen molar-refractivity contribution in [3.8, 4) is 5.75 Å². The number of aldehydes is 1. The molecule has 0 saturated carbocycles. The van der Waals surface area contributed by atoms with Gasteiger partial charge in [0, 0.05) is 38.3 Å². The number of likely N-dealkylation sites (N-methyl/N-ethyl adjacent to an activating group) is 1. The molecule has 1 aliphatic heterocycles. The zero-order valence-electron chi connectivity index (χ0n) is 11.5. The summed E-state index contributed by atoms with van der Waals surface area (Å²) in [4.78, 5) is 15.4. The standard InChI is InChI=1S/C15H22N2O2/c1-2-16-7-9-17(10-8-16)11-12-19-15-5-3-14(13-18)4-6-15/h3-6,13H,2,7-12H2,1H3. The molecule has 1 aromatic rings. The number of benzene rings is 1. The molecule has 4 heteroatoms. The zero-order valence-corrected chi connectivity index (χ0v) is 11.5. The Balaban J connectivity index is 1.67. The molecule has 1 heterocycles. The monoisotopic (exact) mass is 262 g/mol. The zero-order chi connectivity index (χ0) is 13.5. The van der Waals surface area contributed by atoms with E-state index in [2.05, 4.69) is 16.7 Å². The summed E-state index contributed by atoms with van der Waals surface area (Å²) in [5.41, 5.74) is 0.683. The molecule has 1 fully saturated rings. The maximum atomic E-state index is 10.5. The largest absolute Gasteiger partial charge is 0.492 e. The maximum absolute atomic E-state index is 10.5. The van der Waals surface area contributed by atoms with Crippen molar-refractivity contribution in [2.24, 2.45) is 0 Å². The van der Waals surface area contributed by atoms with E-state index in [0.29, 0.717) is 12.2 Å². The fourth-order valence-electron chi connectivity index (χ4n) is 2.26. The highest BCUT2D eigenvalue weighted by molar-refractivity contribution is 5.74. The molecule has 0 bridgehead atoms. The third-order valence-corrected chi connectivity index (χ3v) is 3.60. The van der Waals surface area contributed by atoms with Crippen LogP contribution in [-0.4, -0.2) is 62.0 Å². The first kappa shape index (κ1) is 14.0. The van der Waals surface area contributed by atoms with Crippen LogP contribution in [0.4, 0.5) is 0 Å². The van der Waals surface area contributed by atoms with E-state index >= 15 is 0 Å². The van der Waals surface area contributed by atoms with Crippen molar-refractivity contribution in [1.82, 2.24) is 9.80 Å². The van der Waals surface area contributed by atoms with E-state index in [-0.39, 0.29) is 0 Å². The first-order valence-corrected chi connectivity index (χ1v) is 6.94. The van der Waals surface area contributed by atoms with E-state index in [9.17, 15) is 4.79 Å². The second kappa shape index (κ2) is 7.26. The topological polar surface area (TPSA) is 32.8 Å². The summed E-state index contributed by atoms with van der Waals surface area (Å²) < 4.78 is 5.69. The normalized spacial score (nSPS) is 17.3. The number of carbonyl (C=O) groups excluding carboxylic acids is 1. The van der Waals surface area contributed by atoms with E-state index in [1.54, 1.807) is 12.1 Å². The molecule has 1 aliphatic rings. The molecular formula is C15H22N2O2. The lowest BCUT2D eigenvalue weighted by molar-refractivity contribution is 0.112. The van der Waals surface area contributed by atoms with E-state index in [0.717, 1.165) is 51.3 Å². The Kier molecular flexibility index (Phi) is 5.36. The quantitative estimate of drug-likeness (QED) is 0.728. The van der Waals surface area contributed by atoms with E-state index in [4.69, 9.17) is 4.74 Å². The highest BCUT2D eigenvalue weighted by Gasteiger charge is 2.14. The summed E-state index contributed by atoms with van der Waals surface area (Å²) >= 11 is 0. The average molecular weight is 262 g/mol. The van der Waals surface area contributed by atoms with Gasteiger partial charge in [-0.2, -0.15) is 0 Å². The van der Waals surface area contributed by atoms with Gasteiger partial charge in [-0.25, -0.2) is 0 Å². The molecule has 0 amide bonds. The summed E-state index contributed by atoms with van der Waals surface area (Å²) in [7, 11) is 0. The molecule has 1 aromatic carbocycles. The van der Waals surface area contributed by atoms with Gasteiger partial charge in [0.2, 0.25) is 0 Å². The smallest absolute Gasteiger partial charge is 0.150 e. The second-order valence-electron chi connectivity index (χ2n) is 4.81. The van der Waals surface area contributed by atoms with Crippen molar-refractivity contribution in [2.45, 2.75) is 6.92 Å². The summed E-state index contributed by atoms with van der Waals surface area (Å²) in [6, 6.07) is 7.25. The third kappa shape index (κ3) is 4.33. The Bertz CT molecular complexity index is 384. The van der Waals surface area contributed by atoms with Gasteiger partial charge in [-0.15, -0.1) is 0 Å². The Morgan fingerprint density at radius 1 is 1.11 bits per heavy atom. The van der Waals surface area contributed by atoms with Crippen LogP contribution < -0.4 is 4.74 Å². The van der Waals surface area contributed by atoms with Crippen LogP contribution in [0.5, 0.6) is 5.75 Å². The van der Waals surface area contributed by atoms with E-state index in [1.165, 1.54) is 0 Å². The molecular weight excluding hydrogens is 240 g/mol. The molecule has 0 radical (unpaired) electrons. The number of ether oxygens (including phenoxy) is 1. The summed E-state index contributed by atoms with van der Waals surface area (Å²) in [6.07, 6.45) is 0.844. The predicted molar refractivity (Wildman–Crippen MR) is 75.9 cm³/mol. The molecule has 0 aliphatic carbocycles. The molecule has 0 aromatic heterocycles. The average Bonchev–Trinajstić information content (AvgIpc) is 2.49. The van der Waals surface area contributed by atoms with Gasteiger partial charge >= 0.3 is 0 Å². The van der Waals surface area contributed by atoms with Gasteiger partial charge in [0.25, 0.3) is 0 Å². The Labute approximate surface area is 115 Å². The molecule has 0 spiro atoms. The van der Waals surface area contributed by atoms with Crippen LogP contribution in [0.15, 0.2) is 24.3 Å². The van der Waals surface area contributed by atoms with Gasteiger partial charge < -0.3 is 9.64 Å². The third-order valence-electron chi connectivity index (χ3n) is 3.60. The highest BCUT2D eigenvalue weighted by atomic mass is 16.5. The van der Waals surface area contributed by atoms with Crippen LogP contribution in [0.2, 0.25) is 0 Å². The number of hydrogen-bond acceptors (Lipinski definition) is 4. The van der Waals surface area contributed by atoms with Crippen LogP contribution >= 0.6 is 0 Å². The number of nitrogens with zero attached hydrogens (tertiary/aromatic N) is 2. The van der Waals surface area contributed by atoms with Gasteiger partial charge in [0.05, 0.1) is 0 Å². The van der Waals surface area contributed by atoms with Crippen LogP contribution in [0.25, 0.3) is 0 Å². The van der Waals surface area contributed by atoms with Gasteiger partial charge in [-0.1, -0.05) is 6.92 Å². The molecule has 104 valence electrons. The lowest BCUT2D eigenvalue weighted by atomic mass is 10.2. The van der Waals surface area contributed by atoms with Crippen LogP contribution in [0.3, 0.4) is 0 Å². The highest BCUT2D eigenvalue weighted by Crippen LogP contribution is 2.11. The predicted octanol–water partition coefficient (Wildman–Crippen LogP) is 1.52. The van der Waals surface area contributed by atoms with Gasteiger partial charge in [0.1, 0.15) is 18.6 Å². The molecule has 0 N–H and O–H groups in total. The number of piperazine rings is 1. The molecule has 2 rings (SSSR count). The fourth-order valence-corrected chi connectivity index (χ4v) is 2.26. The number of hydrogen-bond donors (Lipinski definition) is 0. The number of carbonyl (C=O) groups is 1. The first-order chi connectivity index (χ1) is 9.31. The Hall–Kier alpha value is -1.39. The first-order valence-electron chi connectivity index (χ1n) is 6.94. The lowest BCUT2D eigenvalue weighted by Crippen LogP contribution is -2.47. The van der Waals surface area contributed by atoms with Crippen molar-refractivity contribution < 1.29 is 9.53 Å². The summed E-state index contributed by atoms with van der Waals surface area (Å²) in [5.74, 6) is 0.831. The molecule has 1 saturated heterocycles. The summed E-state index contributed by atoms with van der Waals surface area (Å²) in [5, 5.41) is 0. The van der Waals surface area contributed by atoms with Crippen molar-refractivity contribution >= 4 is 6.29 Å². The molecule has 0 unspecified atom stereocenters. The summed E-state index contributed by atoms with van der Waals surface area (Å²) in [6.45, 7) is 9.59. The number of rotatable bonds is 6. The van der Waals surface area contributed by atoms with E-state index < -0.39 is 0 Å². The van der Waals surface area contributed by atoms with Gasteiger partial charge in [-0.3, -0.25) is 9.69 Å². The molecule has 0 atom stereocenters. The van der Waals surface area contributed by atoms with Crippen LogP contribution in [0, 0.1) is 0 Å². The van der Waals surface area contributed by atoms with Gasteiger partial charge in [0.15, 0.2) is 0 Å². The fraction of sp³-hybridized carbons (Fsp3) is 0.533. The Morgan fingerprint density at radius 3 is 2.32 bits per heavy atom.